The van der Waals surface area contributed by atoms with Gasteiger partial charge in [0.1, 0.15) is 6.33 Å². The summed E-state index contributed by atoms with van der Waals surface area (Å²) in [5, 5.41) is 8.37. The normalized spacial score (nSPS) is 25.3. The highest BCUT2D eigenvalue weighted by atomic mass is 15.3. The standard InChI is InChI=1S/C12H20N4/c13-12(7-3-1-2-4-8-12)11-15-14-9-16(11)10-5-6-10/h9-10H,1-8,13H2. The van der Waals surface area contributed by atoms with Gasteiger partial charge in [0.15, 0.2) is 5.82 Å². The fourth-order valence-corrected chi connectivity index (χ4v) is 2.80. The van der Waals surface area contributed by atoms with Crippen LogP contribution in [0.4, 0.5) is 0 Å². The number of nitrogens with two attached hydrogens (primary N) is 1. The van der Waals surface area contributed by atoms with Gasteiger partial charge in [0.25, 0.3) is 0 Å². The number of nitrogens with zero attached hydrogens (tertiary/aromatic N) is 3. The van der Waals surface area contributed by atoms with E-state index in [2.05, 4.69) is 14.8 Å². The maximum absolute atomic E-state index is 6.57. The molecule has 4 nitrogen and oxygen atoms in total. The third kappa shape index (κ3) is 1.75. The molecule has 0 atom stereocenters. The van der Waals surface area contributed by atoms with Gasteiger partial charge in [-0.2, -0.15) is 0 Å². The van der Waals surface area contributed by atoms with Crippen LogP contribution in [-0.4, -0.2) is 14.8 Å². The molecule has 1 aromatic rings. The Morgan fingerprint density at radius 3 is 2.50 bits per heavy atom. The van der Waals surface area contributed by atoms with E-state index in [9.17, 15) is 0 Å². The van der Waals surface area contributed by atoms with Crippen molar-refractivity contribution < 1.29 is 0 Å². The van der Waals surface area contributed by atoms with E-state index in [0.29, 0.717) is 6.04 Å². The minimum absolute atomic E-state index is 0.213. The molecule has 4 heteroatoms. The average molecular weight is 220 g/mol. The summed E-state index contributed by atoms with van der Waals surface area (Å²) in [6.45, 7) is 0. The molecule has 0 amide bonds. The van der Waals surface area contributed by atoms with Crippen molar-refractivity contribution in [1.29, 1.82) is 0 Å². The van der Waals surface area contributed by atoms with E-state index < -0.39 is 0 Å². The highest BCUT2D eigenvalue weighted by Crippen LogP contribution is 2.39. The second-order valence-electron chi connectivity index (χ2n) is 5.36. The van der Waals surface area contributed by atoms with E-state index in [1.54, 1.807) is 0 Å². The molecular weight excluding hydrogens is 200 g/mol. The van der Waals surface area contributed by atoms with Crippen molar-refractivity contribution in [2.75, 3.05) is 0 Å². The molecular formula is C12H20N4. The van der Waals surface area contributed by atoms with Crippen LogP contribution >= 0.6 is 0 Å². The molecule has 2 aliphatic carbocycles. The summed E-state index contributed by atoms with van der Waals surface area (Å²) < 4.78 is 2.23. The van der Waals surface area contributed by atoms with Crippen molar-refractivity contribution >= 4 is 0 Å². The van der Waals surface area contributed by atoms with Crippen LogP contribution in [0.25, 0.3) is 0 Å². The second-order valence-corrected chi connectivity index (χ2v) is 5.36. The molecule has 2 N–H and O–H groups in total. The lowest BCUT2D eigenvalue weighted by Crippen LogP contribution is -2.39. The van der Waals surface area contributed by atoms with Crippen molar-refractivity contribution in [3.8, 4) is 0 Å². The van der Waals surface area contributed by atoms with Crippen molar-refractivity contribution in [2.45, 2.75) is 62.9 Å². The lowest BCUT2D eigenvalue weighted by Gasteiger charge is -2.27. The Labute approximate surface area is 96.2 Å². The first-order chi connectivity index (χ1) is 7.80. The van der Waals surface area contributed by atoms with E-state index in [4.69, 9.17) is 5.73 Å². The Morgan fingerprint density at radius 1 is 1.19 bits per heavy atom. The van der Waals surface area contributed by atoms with E-state index in [0.717, 1.165) is 18.7 Å². The summed E-state index contributed by atoms with van der Waals surface area (Å²) in [5.74, 6) is 1.04. The van der Waals surface area contributed by atoms with Crippen LogP contribution in [0.1, 0.15) is 63.2 Å². The molecule has 3 rings (SSSR count). The van der Waals surface area contributed by atoms with Crippen LogP contribution in [0.15, 0.2) is 6.33 Å². The van der Waals surface area contributed by atoms with Crippen molar-refractivity contribution in [1.82, 2.24) is 14.8 Å². The van der Waals surface area contributed by atoms with Gasteiger partial charge in [-0.15, -0.1) is 10.2 Å². The average Bonchev–Trinajstić information content (AvgIpc) is 3.04. The van der Waals surface area contributed by atoms with Gasteiger partial charge in [0, 0.05) is 6.04 Å². The zero-order valence-electron chi connectivity index (χ0n) is 9.73. The zero-order valence-corrected chi connectivity index (χ0v) is 9.73. The number of rotatable bonds is 2. The van der Waals surface area contributed by atoms with Crippen LogP contribution in [0.3, 0.4) is 0 Å². The molecule has 1 aromatic heterocycles. The van der Waals surface area contributed by atoms with E-state index in [-0.39, 0.29) is 5.54 Å². The first-order valence-corrected chi connectivity index (χ1v) is 6.48. The van der Waals surface area contributed by atoms with Crippen molar-refractivity contribution in [2.24, 2.45) is 5.73 Å². The Bertz CT molecular complexity index is 359. The maximum Gasteiger partial charge on any atom is 0.153 e. The third-order valence-corrected chi connectivity index (χ3v) is 3.95. The predicted molar refractivity (Wildman–Crippen MR) is 61.9 cm³/mol. The highest BCUT2D eigenvalue weighted by molar-refractivity contribution is 5.08. The molecule has 16 heavy (non-hydrogen) atoms. The van der Waals surface area contributed by atoms with Crippen LogP contribution in [0, 0.1) is 0 Å². The fourth-order valence-electron chi connectivity index (χ4n) is 2.80. The Morgan fingerprint density at radius 2 is 1.88 bits per heavy atom. The molecule has 2 saturated carbocycles. The minimum Gasteiger partial charge on any atom is -0.319 e. The SMILES string of the molecule is NC1(c2nncn2C2CC2)CCCCCC1. The van der Waals surface area contributed by atoms with Gasteiger partial charge in [-0.3, -0.25) is 0 Å². The first-order valence-electron chi connectivity index (χ1n) is 6.48. The zero-order chi connectivity index (χ0) is 11.0. The number of hydrogen-bond donors (Lipinski definition) is 1. The van der Waals surface area contributed by atoms with Crippen LogP contribution in [0.2, 0.25) is 0 Å². The Balaban J connectivity index is 1.90. The van der Waals surface area contributed by atoms with Gasteiger partial charge < -0.3 is 10.3 Å². The van der Waals surface area contributed by atoms with E-state index in [1.165, 1.54) is 38.5 Å². The number of hydrogen-bond acceptors (Lipinski definition) is 3. The molecule has 0 aliphatic heterocycles. The third-order valence-electron chi connectivity index (χ3n) is 3.95. The maximum atomic E-state index is 6.57. The lowest BCUT2D eigenvalue weighted by atomic mass is 9.90. The van der Waals surface area contributed by atoms with Gasteiger partial charge in [0.2, 0.25) is 0 Å². The molecule has 2 aliphatic rings. The fraction of sp³-hybridized carbons (Fsp3) is 0.833. The molecule has 0 bridgehead atoms. The minimum atomic E-state index is -0.213. The summed E-state index contributed by atoms with van der Waals surface area (Å²) in [4.78, 5) is 0. The monoisotopic (exact) mass is 220 g/mol. The Hall–Kier alpha value is -0.900. The first kappa shape index (κ1) is 10.3. The molecule has 2 fully saturated rings. The van der Waals surface area contributed by atoms with Gasteiger partial charge >= 0.3 is 0 Å². The van der Waals surface area contributed by atoms with Crippen LogP contribution in [0.5, 0.6) is 0 Å². The summed E-state index contributed by atoms with van der Waals surface area (Å²) in [5.41, 5.74) is 6.36. The molecule has 0 radical (unpaired) electrons. The molecule has 1 heterocycles. The number of aromatic nitrogens is 3. The lowest BCUT2D eigenvalue weighted by molar-refractivity contribution is 0.346. The van der Waals surface area contributed by atoms with Crippen LogP contribution in [-0.2, 0) is 5.54 Å². The molecule has 0 unspecified atom stereocenters. The summed E-state index contributed by atoms with van der Waals surface area (Å²) >= 11 is 0. The predicted octanol–water partition coefficient (Wildman–Crippen LogP) is 2.12. The highest BCUT2D eigenvalue weighted by Gasteiger charge is 2.36. The quantitative estimate of drug-likeness (QED) is 0.777. The topological polar surface area (TPSA) is 56.7 Å². The molecule has 0 aromatic carbocycles. The smallest absolute Gasteiger partial charge is 0.153 e. The molecule has 0 spiro atoms. The van der Waals surface area contributed by atoms with Crippen molar-refractivity contribution in [3.63, 3.8) is 0 Å². The van der Waals surface area contributed by atoms with Crippen molar-refractivity contribution in [3.05, 3.63) is 12.2 Å². The molecule has 88 valence electrons. The second kappa shape index (κ2) is 3.84. The van der Waals surface area contributed by atoms with Gasteiger partial charge in [-0.05, 0) is 25.7 Å². The van der Waals surface area contributed by atoms with E-state index in [1.807, 2.05) is 6.33 Å². The Kier molecular flexibility index (Phi) is 2.46. The summed E-state index contributed by atoms with van der Waals surface area (Å²) in [7, 11) is 0. The van der Waals surface area contributed by atoms with E-state index >= 15 is 0 Å². The summed E-state index contributed by atoms with van der Waals surface area (Å²) in [6, 6.07) is 0.633. The van der Waals surface area contributed by atoms with Gasteiger partial charge in [-0.1, -0.05) is 25.7 Å². The largest absolute Gasteiger partial charge is 0.319 e. The molecule has 0 saturated heterocycles. The van der Waals surface area contributed by atoms with Crippen LogP contribution < -0.4 is 5.73 Å². The van der Waals surface area contributed by atoms with Gasteiger partial charge in [0.05, 0.1) is 5.54 Å². The van der Waals surface area contributed by atoms with Gasteiger partial charge in [-0.25, -0.2) is 0 Å². The summed E-state index contributed by atoms with van der Waals surface area (Å²) in [6.07, 6.45) is 11.6.